The molecule has 9 heteroatoms. The summed E-state index contributed by atoms with van der Waals surface area (Å²) < 4.78 is 34.7. The van der Waals surface area contributed by atoms with Gasteiger partial charge in [-0.15, -0.1) is 0 Å². The smallest absolute Gasteiger partial charge is 0.387 e. The van der Waals surface area contributed by atoms with Crippen molar-refractivity contribution in [2.24, 2.45) is 0 Å². The van der Waals surface area contributed by atoms with E-state index in [-0.39, 0.29) is 23.6 Å². The normalized spacial score (nSPS) is 11.1. The predicted molar refractivity (Wildman–Crippen MR) is 79.8 cm³/mol. The summed E-state index contributed by atoms with van der Waals surface area (Å²) in [5.41, 5.74) is 0.785. The van der Waals surface area contributed by atoms with E-state index in [0.717, 1.165) is 0 Å². The van der Waals surface area contributed by atoms with Crippen LogP contribution in [0.25, 0.3) is 10.2 Å². The number of amides is 1. The molecule has 0 saturated carbocycles. The number of alkyl halides is 2. The minimum atomic E-state index is -2.93. The molecular weight excluding hydrogens is 328 g/mol. The van der Waals surface area contributed by atoms with Gasteiger partial charge in [0.25, 0.3) is 0 Å². The van der Waals surface area contributed by atoms with Gasteiger partial charge in [0, 0.05) is 6.07 Å². The lowest BCUT2D eigenvalue weighted by atomic mass is 10.3. The van der Waals surface area contributed by atoms with Crippen LogP contribution in [0, 0.1) is 6.92 Å². The monoisotopic (exact) mass is 339 g/mol. The molecule has 0 saturated heterocycles. The van der Waals surface area contributed by atoms with E-state index in [1.54, 1.807) is 25.1 Å². The Morgan fingerprint density at radius 1 is 1.48 bits per heavy atom. The average molecular weight is 339 g/mol. The van der Waals surface area contributed by atoms with Crippen LogP contribution in [0.5, 0.6) is 5.75 Å². The number of ether oxygens (including phenoxy) is 1. The summed E-state index contributed by atoms with van der Waals surface area (Å²) in [6.07, 6.45) is 0.0354. The summed E-state index contributed by atoms with van der Waals surface area (Å²) >= 11 is 1.17. The molecule has 2 aromatic heterocycles. The minimum Gasteiger partial charge on any atom is -0.432 e. The standard InChI is InChI=1S/C14H11F2N3O3S/c1-7-5-8(19-22-7)6-11(20)17-14-18-12-9(21-13(15)16)3-2-4-10(12)23-14/h2-5,13H,6H2,1H3,(H,17,18,20). The number of hydrogen-bond donors (Lipinski definition) is 1. The van der Waals surface area contributed by atoms with Gasteiger partial charge in [0.15, 0.2) is 10.9 Å². The zero-order valence-corrected chi connectivity index (χ0v) is 12.7. The maximum absolute atomic E-state index is 12.4. The van der Waals surface area contributed by atoms with Gasteiger partial charge in [0.1, 0.15) is 11.3 Å². The molecule has 0 spiro atoms. The quantitative estimate of drug-likeness (QED) is 0.771. The van der Waals surface area contributed by atoms with Crippen LogP contribution in [0.1, 0.15) is 11.5 Å². The largest absolute Gasteiger partial charge is 0.432 e. The summed E-state index contributed by atoms with van der Waals surface area (Å²) in [5.74, 6) is 0.261. The second-order valence-electron chi connectivity index (χ2n) is 4.65. The Hall–Kier alpha value is -2.55. The summed E-state index contributed by atoms with van der Waals surface area (Å²) in [4.78, 5) is 16.1. The van der Waals surface area contributed by atoms with E-state index in [4.69, 9.17) is 4.52 Å². The molecular formula is C14H11F2N3O3S. The van der Waals surface area contributed by atoms with E-state index in [9.17, 15) is 13.6 Å². The highest BCUT2D eigenvalue weighted by molar-refractivity contribution is 7.22. The molecule has 3 aromatic rings. The number of halogens is 2. The Morgan fingerprint density at radius 2 is 2.30 bits per heavy atom. The van der Waals surface area contributed by atoms with Crippen molar-refractivity contribution < 1.29 is 22.8 Å². The van der Waals surface area contributed by atoms with Crippen LogP contribution in [0.4, 0.5) is 13.9 Å². The fourth-order valence-corrected chi connectivity index (χ4v) is 2.90. The highest BCUT2D eigenvalue weighted by Crippen LogP contribution is 2.33. The van der Waals surface area contributed by atoms with E-state index in [1.165, 1.54) is 17.4 Å². The van der Waals surface area contributed by atoms with Crippen LogP contribution in [0.3, 0.4) is 0 Å². The van der Waals surface area contributed by atoms with Crippen molar-refractivity contribution in [2.45, 2.75) is 20.0 Å². The Kier molecular flexibility index (Phi) is 4.20. The molecule has 0 bridgehead atoms. The maximum Gasteiger partial charge on any atom is 0.387 e. The van der Waals surface area contributed by atoms with Crippen molar-refractivity contribution in [3.05, 3.63) is 35.7 Å². The van der Waals surface area contributed by atoms with E-state index < -0.39 is 6.61 Å². The molecule has 0 aliphatic carbocycles. The highest BCUT2D eigenvalue weighted by Gasteiger charge is 2.15. The molecule has 6 nitrogen and oxygen atoms in total. The number of anilines is 1. The number of nitrogens with zero attached hydrogens (tertiary/aromatic N) is 2. The van der Waals surface area contributed by atoms with Crippen LogP contribution in [-0.4, -0.2) is 22.7 Å². The number of rotatable bonds is 5. The predicted octanol–water partition coefficient (Wildman–Crippen LogP) is 3.38. The first-order valence-electron chi connectivity index (χ1n) is 6.57. The van der Waals surface area contributed by atoms with Gasteiger partial charge in [0.2, 0.25) is 5.91 Å². The summed E-state index contributed by atoms with van der Waals surface area (Å²) in [7, 11) is 0. The van der Waals surface area contributed by atoms with Crippen LogP contribution < -0.4 is 10.1 Å². The van der Waals surface area contributed by atoms with Gasteiger partial charge >= 0.3 is 6.61 Å². The summed E-state index contributed by atoms with van der Waals surface area (Å²) in [6, 6.07) is 6.36. The Bertz CT molecular complexity index is 847. The van der Waals surface area contributed by atoms with Crippen LogP contribution >= 0.6 is 11.3 Å². The molecule has 1 aromatic carbocycles. The molecule has 0 atom stereocenters. The number of aromatic nitrogens is 2. The number of thiazole rings is 1. The fraction of sp³-hybridized carbons (Fsp3) is 0.214. The zero-order chi connectivity index (χ0) is 16.4. The van der Waals surface area contributed by atoms with Gasteiger partial charge in [-0.05, 0) is 19.1 Å². The summed E-state index contributed by atoms with van der Waals surface area (Å²) in [5, 5.41) is 6.65. The second-order valence-corrected chi connectivity index (χ2v) is 5.68. The molecule has 0 unspecified atom stereocenters. The van der Waals surface area contributed by atoms with Crippen LogP contribution in [0.2, 0.25) is 0 Å². The van der Waals surface area contributed by atoms with Crippen LogP contribution in [-0.2, 0) is 11.2 Å². The minimum absolute atomic E-state index is 0.0265. The lowest BCUT2D eigenvalue weighted by molar-refractivity contribution is -0.115. The molecule has 120 valence electrons. The van der Waals surface area contributed by atoms with Crippen molar-refractivity contribution in [1.29, 1.82) is 0 Å². The molecule has 0 aliphatic heterocycles. The molecule has 3 rings (SSSR count). The Balaban J connectivity index is 1.76. The number of hydrogen-bond acceptors (Lipinski definition) is 6. The summed E-state index contributed by atoms with van der Waals surface area (Å²) in [6.45, 7) is -1.21. The van der Waals surface area contributed by atoms with E-state index >= 15 is 0 Å². The highest BCUT2D eigenvalue weighted by atomic mass is 32.1. The van der Waals surface area contributed by atoms with E-state index in [0.29, 0.717) is 21.3 Å². The molecule has 0 radical (unpaired) electrons. The van der Waals surface area contributed by atoms with Gasteiger partial charge in [-0.3, -0.25) is 4.79 Å². The Labute approximate surface area is 133 Å². The van der Waals surface area contributed by atoms with E-state index in [1.807, 2.05) is 0 Å². The first kappa shape index (κ1) is 15.3. The first-order valence-corrected chi connectivity index (χ1v) is 7.39. The van der Waals surface area contributed by atoms with Gasteiger partial charge in [-0.25, -0.2) is 4.98 Å². The van der Waals surface area contributed by atoms with Crippen LogP contribution in [0.15, 0.2) is 28.8 Å². The van der Waals surface area contributed by atoms with Crippen molar-refractivity contribution in [3.8, 4) is 5.75 Å². The van der Waals surface area contributed by atoms with Crippen molar-refractivity contribution >= 4 is 32.6 Å². The number of nitrogens with one attached hydrogen (secondary N) is 1. The maximum atomic E-state index is 12.4. The van der Waals surface area contributed by atoms with Gasteiger partial charge in [-0.1, -0.05) is 22.6 Å². The van der Waals surface area contributed by atoms with Crippen molar-refractivity contribution in [3.63, 3.8) is 0 Å². The third-order valence-corrected chi connectivity index (χ3v) is 3.80. The van der Waals surface area contributed by atoms with Gasteiger partial charge in [0.05, 0.1) is 16.8 Å². The molecule has 1 amide bonds. The molecule has 1 N–H and O–H groups in total. The number of carbonyl (C=O) groups is 1. The van der Waals surface area contributed by atoms with Crippen molar-refractivity contribution in [1.82, 2.24) is 10.1 Å². The molecule has 2 heterocycles. The number of fused-ring (bicyclic) bond motifs is 1. The average Bonchev–Trinajstić information content (AvgIpc) is 3.04. The molecule has 0 fully saturated rings. The van der Waals surface area contributed by atoms with Gasteiger partial charge < -0.3 is 14.6 Å². The second kappa shape index (κ2) is 6.29. The number of carbonyl (C=O) groups excluding carboxylic acids is 1. The number of benzene rings is 1. The topological polar surface area (TPSA) is 77.2 Å². The Morgan fingerprint density at radius 3 is 3.00 bits per heavy atom. The zero-order valence-electron chi connectivity index (χ0n) is 11.9. The molecule has 23 heavy (non-hydrogen) atoms. The third kappa shape index (κ3) is 3.62. The lowest BCUT2D eigenvalue weighted by Crippen LogP contribution is -2.14. The number of para-hydroxylation sites is 1. The molecule has 0 aliphatic rings. The first-order chi connectivity index (χ1) is 11.0. The third-order valence-electron chi connectivity index (χ3n) is 2.86. The van der Waals surface area contributed by atoms with Gasteiger partial charge in [-0.2, -0.15) is 8.78 Å². The number of aryl methyl sites for hydroxylation is 1. The van der Waals surface area contributed by atoms with E-state index in [2.05, 4.69) is 20.2 Å². The fourth-order valence-electron chi connectivity index (χ4n) is 2.00. The van der Waals surface area contributed by atoms with Crippen molar-refractivity contribution in [2.75, 3.05) is 5.32 Å². The SMILES string of the molecule is Cc1cc(CC(=O)Nc2nc3c(OC(F)F)cccc3s2)no1. The lowest BCUT2D eigenvalue weighted by Gasteiger charge is -2.03.